The molecule has 0 saturated carbocycles. The predicted molar refractivity (Wildman–Crippen MR) is 71.5 cm³/mol. The number of nitrogens with one attached hydrogen (secondary N) is 1. The average molecular weight is 286 g/mol. The van der Waals surface area contributed by atoms with Gasteiger partial charge in [-0.2, -0.15) is 0 Å². The molecule has 6 nitrogen and oxygen atoms in total. The zero-order valence-corrected chi connectivity index (χ0v) is 11.6. The zero-order chi connectivity index (χ0) is 13.9. The van der Waals surface area contributed by atoms with E-state index in [4.69, 9.17) is 14.6 Å². The Bertz CT molecular complexity index is 538. The Morgan fingerprint density at radius 2 is 2.21 bits per heavy atom. The lowest BCUT2D eigenvalue weighted by molar-refractivity contribution is -0.00623. The molecular formula is C12H18N2O4S. The number of nitrogens with two attached hydrogens (primary N) is 1. The third-order valence-electron chi connectivity index (χ3n) is 3.29. The van der Waals surface area contributed by atoms with Crippen LogP contribution < -0.4 is 10.5 Å². The summed E-state index contributed by atoms with van der Waals surface area (Å²) < 4.78 is 33.8. The number of hydrogen-bond donors (Lipinski definition) is 2. The number of para-hydroxylation sites is 1. The van der Waals surface area contributed by atoms with Gasteiger partial charge in [0.15, 0.2) is 0 Å². The molecule has 3 N–H and O–H groups in total. The third-order valence-corrected chi connectivity index (χ3v) is 4.26. The number of anilines is 1. The summed E-state index contributed by atoms with van der Waals surface area (Å²) in [5, 5.41) is 8.27. The Labute approximate surface area is 112 Å². The quantitative estimate of drug-likeness (QED) is 0.825. The summed E-state index contributed by atoms with van der Waals surface area (Å²) in [7, 11) is -2.11. The fourth-order valence-electron chi connectivity index (χ4n) is 2.08. The molecule has 1 aliphatic rings. The predicted octanol–water partition coefficient (Wildman–Crippen LogP) is 0.551. The first-order valence-electron chi connectivity index (χ1n) is 5.95. The van der Waals surface area contributed by atoms with Crippen molar-refractivity contribution in [1.29, 1.82) is 0 Å². The first-order valence-corrected chi connectivity index (χ1v) is 7.50. The number of methoxy groups -OCH3 is 1. The lowest BCUT2D eigenvalue weighted by Gasteiger charge is -2.26. The molecule has 19 heavy (non-hydrogen) atoms. The van der Waals surface area contributed by atoms with E-state index < -0.39 is 15.6 Å². The highest BCUT2D eigenvalue weighted by atomic mass is 32.2. The van der Waals surface area contributed by atoms with Crippen LogP contribution in [0.1, 0.15) is 6.42 Å². The number of primary sulfonamides is 1. The highest BCUT2D eigenvalue weighted by Gasteiger charge is 2.35. The van der Waals surface area contributed by atoms with Gasteiger partial charge >= 0.3 is 0 Å². The van der Waals surface area contributed by atoms with Gasteiger partial charge in [0.25, 0.3) is 0 Å². The second-order valence-electron chi connectivity index (χ2n) is 4.58. The smallest absolute Gasteiger partial charge is 0.240 e. The number of rotatable bonds is 5. The third kappa shape index (κ3) is 3.24. The van der Waals surface area contributed by atoms with E-state index in [0.717, 1.165) is 6.42 Å². The van der Waals surface area contributed by atoms with Crippen molar-refractivity contribution in [2.24, 2.45) is 5.14 Å². The molecule has 2 rings (SSSR count). The minimum Gasteiger partial charge on any atom is -0.381 e. The summed E-state index contributed by atoms with van der Waals surface area (Å²) in [4.78, 5) is 0.0835. The lowest BCUT2D eigenvalue weighted by Crippen LogP contribution is -2.39. The molecule has 0 bridgehead atoms. The largest absolute Gasteiger partial charge is 0.381 e. The van der Waals surface area contributed by atoms with Crippen molar-refractivity contribution in [1.82, 2.24) is 0 Å². The van der Waals surface area contributed by atoms with Gasteiger partial charge in [-0.15, -0.1) is 0 Å². The van der Waals surface area contributed by atoms with Crippen LogP contribution in [0, 0.1) is 0 Å². The van der Waals surface area contributed by atoms with Crippen LogP contribution in [0.25, 0.3) is 0 Å². The standard InChI is InChI=1S/C12H18N2O4S/c1-17-12(6-7-18-9-12)8-14-10-4-2-3-5-11(10)19(13,15)16/h2-5,14H,6-9H2,1H3,(H2,13,15,16). The number of sulfonamides is 1. The highest BCUT2D eigenvalue weighted by Crippen LogP contribution is 2.25. The van der Waals surface area contributed by atoms with Crippen molar-refractivity contribution in [2.75, 3.05) is 32.2 Å². The van der Waals surface area contributed by atoms with E-state index in [1.807, 2.05) is 0 Å². The van der Waals surface area contributed by atoms with Crippen LogP contribution in [0.2, 0.25) is 0 Å². The second kappa shape index (κ2) is 5.46. The molecule has 1 unspecified atom stereocenters. The summed E-state index contributed by atoms with van der Waals surface area (Å²) >= 11 is 0. The maximum absolute atomic E-state index is 11.5. The fraction of sp³-hybridized carbons (Fsp3) is 0.500. The van der Waals surface area contributed by atoms with Crippen molar-refractivity contribution in [3.05, 3.63) is 24.3 Å². The number of ether oxygens (including phenoxy) is 2. The first-order chi connectivity index (χ1) is 8.97. The van der Waals surface area contributed by atoms with Crippen LogP contribution in [-0.4, -0.2) is 40.9 Å². The van der Waals surface area contributed by atoms with Crippen molar-refractivity contribution >= 4 is 15.7 Å². The van der Waals surface area contributed by atoms with Crippen molar-refractivity contribution in [3.8, 4) is 0 Å². The van der Waals surface area contributed by atoms with Crippen LogP contribution in [0.4, 0.5) is 5.69 Å². The molecule has 1 aromatic carbocycles. The summed E-state index contributed by atoms with van der Waals surface area (Å²) in [6.07, 6.45) is 0.772. The molecule has 0 spiro atoms. The molecule has 1 heterocycles. The Balaban J connectivity index is 2.16. The zero-order valence-electron chi connectivity index (χ0n) is 10.8. The molecule has 1 aromatic rings. The average Bonchev–Trinajstić information content (AvgIpc) is 2.85. The van der Waals surface area contributed by atoms with E-state index in [1.54, 1.807) is 25.3 Å². The van der Waals surface area contributed by atoms with E-state index >= 15 is 0 Å². The summed E-state index contributed by atoms with van der Waals surface area (Å²) in [6.45, 7) is 1.61. The van der Waals surface area contributed by atoms with Crippen LogP contribution in [-0.2, 0) is 19.5 Å². The lowest BCUT2D eigenvalue weighted by atomic mass is 10.0. The SMILES string of the molecule is COC1(CNc2ccccc2S(N)(=O)=O)CCOC1. The molecule has 0 aromatic heterocycles. The maximum atomic E-state index is 11.5. The van der Waals surface area contributed by atoms with Crippen LogP contribution in [0.3, 0.4) is 0 Å². The summed E-state index contributed by atoms with van der Waals surface area (Å²) in [5.41, 5.74) is 0.0687. The summed E-state index contributed by atoms with van der Waals surface area (Å²) in [5.74, 6) is 0. The molecule has 1 fully saturated rings. The van der Waals surface area contributed by atoms with Crippen molar-refractivity contribution < 1.29 is 17.9 Å². The molecule has 1 saturated heterocycles. The number of hydrogen-bond acceptors (Lipinski definition) is 5. The molecule has 1 atom stereocenters. The Kier molecular flexibility index (Phi) is 4.10. The Morgan fingerprint density at radius 1 is 1.47 bits per heavy atom. The summed E-state index contributed by atoms with van der Waals surface area (Å²) in [6, 6.07) is 6.54. The van der Waals surface area contributed by atoms with E-state index in [9.17, 15) is 8.42 Å². The Hall–Kier alpha value is -1.15. The van der Waals surface area contributed by atoms with Gasteiger partial charge in [0.1, 0.15) is 10.5 Å². The molecule has 0 radical (unpaired) electrons. The van der Waals surface area contributed by atoms with E-state index in [1.165, 1.54) is 6.07 Å². The van der Waals surface area contributed by atoms with Crippen LogP contribution >= 0.6 is 0 Å². The van der Waals surface area contributed by atoms with Gasteiger partial charge in [-0.05, 0) is 12.1 Å². The van der Waals surface area contributed by atoms with Gasteiger partial charge in [0, 0.05) is 26.7 Å². The Morgan fingerprint density at radius 3 is 2.79 bits per heavy atom. The minimum absolute atomic E-state index is 0.0835. The normalized spacial score (nSPS) is 23.5. The molecule has 106 valence electrons. The van der Waals surface area contributed by atoms with Gasteiger partial charge in [0.05, 0.1) is 12.3 Å². The molecule has 1 aliphatic heterocycles. The van der Waals surface area contributed by atoms with Crippen LogP contribution in [0.15, 0.2) is 29.2 Å². The topological polar surface area (TPSA) is 90.6 Å². The van der Waals surface area contributed by atoms with Gasteiger partial charge in [0.2, 0.25) is 10.0 Å². The highest BCUT2D eigenvalue weighted by molar-refractivity contribution is 7.89. The number of benzene rings is 1. The van der Waals surface area contributed by atoms with Crippen molar-refractivity contribution in [3.63, 3.8) is 0 Å². The van der Waals surface area contributed by atoms with E-state index in [2.05, 4.69) is 5.32 Å². The van der Waals surface area contributed by atoms with Gasteiger partial charge in [-0.3, -0.25) is 0 Å². The molecular weight excluding hydrogens is 268 g/mol. The molecule has 0 aliphatic carbocycles. The van der Waals surface area contributed by atoms with Gasteiger partial charge in [-0.25, -0.2) is 13.6 Å². The van der Waals surface area contributed by atoms with E-state index in [-0.39, 0.29) is 4.90 Å². The maximum Gasteiger partial charge on any atom is 0.240 e. The van der Waals surface area contributed by atoms with Crippen molar-refractivity contribution in [2.45, 2.75) is 16.9 Å². The first kappa shape index (κ1) is 14.3. The monoisotopic (exact) mass is 286 g/mol. The molecule has 0 amide bonds. The van der Waals surface area contributed by atoms with Crippen LogP contribution in [0.5, 0.6) is 0 Å². The van der Waals surface area contributed by atoms with E-state index in [0.29, 0.717) is 25.4 Å². The van der Waals surface area contributed by atoms with Gasteiger partial charge in [-0.1, -0.05) is 12.1 Å². The fourth-order valence-corrected chi connectivity index (χ4v) is 2.79. The minimum atomic E-state index is -3.74. The molecule has 7 heteroatoms. The van der Waals surface area contributed by atoms with Gasteiger partial charge < -0.3 is 14.8 Å². The second-order valence-corrected chi connectivity index (χ2v) is 6.11.